The summed E-state index contributed by atoms with van der Waals surface area (Å²) in [5, 5.41) is 9.07. The summed E-state index contributed by atoms with van der Waals surface area (Å²) in [5.41, 5.74) is -2.49. The number of thioether (sulfide) groups is 1. The molecule has 0 aromatic rings. The highest BCUT2D eigenvalue weighted by atomic mass is 32.2. The van der Waals surface area contributed by atoms with Gasteiger partial charge in [0.05, 0.1) is 0 Å². The predicted octanol–water partition coefficient (Wildman–Crippen LogP) is 2.86. The van der Waals surface area contributed by atoms with Gasteiger partial charge in [-0.3, -0.25) is 9.69 Å². The molecule has 1 N–H and O–H groups in total. The van der Waals surface area contributed by atoms with Crippen molar-refractivity contribution >= 4 is 17.7 Å². The van der Waals surface area contributed by atoms with Gasteiger partial charge in [0.2, 0.25) is 0 Å². The number of carboxylic acid groups (broad SMARTS) is 1. The molecule has 0 spiro atoms. The van der Waals surface area contributed by atoms with Crippen molar-refractivity contribution in [1.29, 1.82) is 0 Å². The van der Waals surface area contributed by atoms with Crippen LogP contribution < -0.4 is 0 Å². The molecule has 7 heteroatoms. The molecule has 0 aliphatic carbocycles. The minimum atomic E-state index is -4.69. The van der Waals surface area contributed by atoms with Crippen molar-refractivity contribution in [2.45, 2.75) is 38.9 Å². The molecule has 0 radical (unpaired) electrons. The number of hydrogen-bond donors (Lipinski definition) is 1. The first-order valence-corrected chi connectivity index (χ1v) is 7.85. The molecule has 0 saturated carbocycles. The van der Waals surface area contributed by atoms with Gasteiger partial charge in [0, 0.05) is 18.3 Å². The minimum absolute atomic E-state index is 0.0484. The number of carbonyl (C=O) groups is 1. The van der Waals surface area contributed by atoms with E-state index in [-0.39, 0.29) is 24.4 Å². The molecule has 0 amide bonds. The van der Waals surface area contributed by atoms with Gasteiger partial charge in [-0.1, -0.05) is 13.8 Å². The van der Waals surface area contributed by atoms with Crippen molar-refractivity contribution in [3.63, 3.8) is 0 Å². The standard InChI is InChI=1S/C13H20F3NO2S/c1-11(2)5-9(6-20-8-11)17-4-3-12(7-17,10(18)19)13(14,15)16/h9H,3-8H2,1-2H3,(H,18,19). The van der Waals surface area contributed by atoms with Gasteiger partial charge in [-0.15, -0.1) is 0 Å². The molecular formula is C13H20F3NO2S. The number of halogens is 3. The van der Waals surface area contributed by atoms with E-state index in [0.717, 1.165) is 17.9 Å². The predicted molar refractivity (Wildman–Crippen MR) is 71.8 cm³/mol. The van der Waals surface area contributed by atoms with Gasteiger partial charge in [-0.25, -0.2) is 0 Å². The smallest absolute Gasteiger partial charge is 0.406 e. The number of hydrogen-bond acceptors (Lipinski definition) is 3. The van der Waals surface area contributed by atoms with E-state index in [1.165, 1.54) is 0 Å². The molecule has 2 aliphatic heterocycles. The zero-order chi connectivity index (χ0) is 15.2. The van der Waals surface area contributed by atoms with Gasteiger partial charge in [0.15, 0.2) is 5.41 Å². The third-order valence-corrected chi connectivity index (χ3v) is 5.96. The molecular weight excluding hydrogens is 291 g/mol. The Balaban J connectivity index is 2.13. The average molecular weight is 311 g/mol. The fourth-order valence-corrected chi connectivity index (χ4v) is 4.53. The van der Waals surface area contributed by atoms with Crippen LogP contribution in [-0.2, 0) is 4.79 Å². The van der Waals surface area contributed by atoms with Crippen molar-refractivity contribution in [1.82, 2.24) is 4.90 Å². The highest BCUT2D eigenvalue weighted by molar-refractivity contribution is 7.99. The number of alkyl halides is 3. The van der Waals surface area contributed by atoms with E-state index < -0.39 is 24.1 Å². The van der Waals surface area contributed by atoms with E-state index in [2.05, 4.69) is 13.8 Å². The van der Waals surface area contributed by atoms with Crippen LogP contribution in [0.25, 0.3) is 0 Å². The van der Waals surface area contributed by atoms with Crippen LogP contribution in [0, 0.1) is 10.8 Å². The van der Waals surface area contributed by atoms with Crippen LogP contribution in [0.2, 0.25) is 0 Å². The summed E-state index contributed by atoms with van der Waals surface area (Å²) in [4.78, 5) is 12.9. The number of carboxylic acids is 1. The Kier molecular flexibility index (Phi) is 4.06. The lowest BCUT2D eigenvalue weighted by Gasteiger charge is -2.40. The van der Waals surface area contributed by atoms with Gasteiger partial charge >= 0.3 is 12.1 Å². The molecule has 2 aliphatic rings. The number of rotatable bonds is 2. The van der Waals surface area contributed by atoms with E-state index >= 15 is 0 Å². The van der Waals surface area contributed by atoms with E-state index in [1.807, 2.05) is 0 Å². The maximum Gasteiger partial charge on any atom is 0.406 e. The number of likely N-dealkylation sites (tertiary alicyclic amines) is 1. The van der Waals surface area contributed by atoms with Gasteiger partial charge < -0.3 is 5.11 Å². The summed E-state index contributed by atoms with van der Waals surface area (Å²) in [6, 6.07) is 0.0484. The lowest BCUT2D eigenvalue weighted by Crippen LogP contribution is -2.49. The zero-order valence-corrected chi connectivity index (χ0v) is 12.5. The van der Waals surface area contributed by atoms with Crippen molar-refractivity contribution in [3.8, 4) is 0 Å². The second kappa shape index (κ2) is 5.09. The Morgan fingerprint density at radius 2 is 2.05 bits per heavy atom. The Hall–Kier alpha value is -0.430. The monoisotopic (exact) mass is 311 g/mol. The molecule has 0 aromatic carbocycles. The zero-order valence-electron chi connectivity index (χ0n) is 11.7. The van der Waals surface area contributed by atoms with Crippen LogP contribution in [0.15, 0.2) is 0 Å². The van der Waals surface area contributed by atoms with Crippen molar-refractivity contribution in [2.75, 3.05) is 24.6 Å². The summed E-state index contributed by atoms with van der Waals surface area (Å²) in [6.07, 6.45) is -4.20. The van der Waals surface area contributed by atoms with E-state index in [1.54, 1.807) is 16.7 Å². The maximum atomic E-state index is 13.1. The molecule has 116 valence electrons. The van der Waals surface area contributed by atoms with Crippen LogP contribution in [0.3, 0.4) is 0 Å². The highest BCUT2D eigenvalue weighted by Crippen LogP contribution is 2.47. The SMILES string of the molecule is CC1(C)CSCC(N2CCC(C(=O)O)(C(F)(F)F)C2)C1. The van der Waals surface area contributed by atoms with Gasteiger partial charge in [0.1, 0.15) is 0 Å². The first kappa shape index (κ1) is 15.9. The Bertz CT molecular complexity index is 400. The largest absolute Gasteiger partial charge is 0.481 e. The first-order valence-electron chi connectivity index (χ1n) is 6.69. The second-order valence-corrected chi connectivity index (χ2v) is 7.67. The molecule has 0 bridgehead atoms. The molecule has 2 atom stereocenters. The van der Waals surface area contributed by atoms with Gasteiger partial charge in [0.25, 0.3) is 0 Å². The third kappa shape index (κ3) is 2.79. The molecule has 2 rings (SSSR count). The summed E-state index contributed by atoms with van der Waals surface area (Å²) < 4.78 is 39.4. The van der Waals surface area contributed by atoms with Crippen molar-refractivity contribution < 1.29 is 23.1 Å². The topological polar surface area (TPSA) is 40.5 Å². The molecule has 20 heavy (non-hydrogen) atoms. The Morgan fingerprint density at radius 1 is 1.40 bits per heavy atom. The lowest BCUT2D eigenvalue weighted by molar-refractivity contribution is -0.227. The van der Waals surface area contributed by atoms with Crippen LogP contribution in [0.5, 0.6) is 0 Å². The van der Waals surface area contributed by atoms with E-state index in [4.69, 9.17) is 5.11 Å². The molecule has 3 nitrogen and oxygen atoms in total. The number of aliphatic carboxylic acids is 1. The quantitative estimate of drug-likeness (QED) is 0.851. The van der Waals surface area contributed by atoms with Crippen LogP contribution in [0.4, 0.5) is 13.2 Å². The second-order valence-electron chi connectivity index (χ2n) is 6.64. The highest BCUT2D eigenvalue weighted by Gasteiger charge is 2.64. The fourth-order valence-electron chi connectivity index (χ4n) is 3.14. The Labute approximate surface area is 120 Å². The summed E-state index contributed by atoms with van der Waals surface area (Å²) in [7, 11) is 0. The molecule has 2 unspecified atom stereocenters. The minimum Gasteiger partial charge on any atom is -0.481 e. The summed E-state index contributed by atoms with van der Waals surface area (Å²) in [6.45, 7) is 4.02. The normalized spacial score (nSPS) is 35.1. The molecule has 2 saturated heterocycles. The van der Waals surface area contributed by atoms with Crippen LogP contribution >= 0.6 is 11.8 Å². The molecule has 2 heterocycles. The molecule has 2 fully saturated rings. The first-order chi connectivity index (χ1) is 9.07. The third-order valence-electron chi connectivity index (χ3n) is 4.36. The maximum absolute atomic E-state index is 13.1. The van der Waals surface area contributed by atoms with Crippen molar-refractivity contribution in [2.24, 2.45) is 10.8 Å². The fraction of sp³-hybridized carbons (Fsp3) is 0.923. The Morgan fingerprint density at radius 3 is 2.50 bits per heavy atom. The summed E-state index contributed by atoms with van der Waals surface area (Å²) in [5.74, 6) is 0.0488. The van der Waals surface area contributed by atoms with Gasteiger partial charge in [-0.05, 0) is 30.6 Å². The summed E-state index contributed by atoms with van der Waals surface area (Å²) >= 11 is 1.74. The van der Waals surface area contributed by atoms with Crippen LogP contribution in [-0.4, -0.2) is 52.8 Å². The van der Waals surface area contributed by atoms with Crippen molar-refractivity contribution in [3.05, 3.63) is 0 Å². The lowest BCUT2D eigenvalue weighted by atomic mass is 9.85. The van der Waals surface area contributed by atoms with Gasteiger partial charge in [-0.2, -0.15) is 24.9 Å². The average Bonchev–Trinajstić information content (AvgIpc) is 2.72. The molecule has 0 aromatic heterocycles. The number of nitrogens with zero attached hydrogens (tertiary/aromatic N) is 1. The van der Waals surface area contributed by atoms with E-state index in [0.29, 0.717) is 0 Å². The van der Waals surface area contributed by atoms with E-state index in [9.17, 15) is 18.0 Å². The van der Waals surface area contributed by atoms with Crippen LogP contribution in [0.1, 0.15) is 26.7 Å².